The summed E-state index contributed by atoms with van der Waals surface area (Å²) in [4.78, 5) is 13.4. The van der Waals surface area contributed by atoms with Crippen molar-refractivity contribution in [3.63, 3.8) is 0 Å². The van der Waals surface area contributed by atoms with Gasteiger partial charge in [0.1, 0.15) is 0 Å². The maximum Gasteiger partial charge on any atom is 0.409 e. The van der Waals surface area contributed by atoms with Gasteiger partial charge in [0.2, 0.25) is 10.0 Å². The third-order valence-corrected chi connectivity index (χ3v) is 4.98. The van der Waals surface area contributed by atoms with Crippen LogP contribution in [0.2, 0.25) is 0 Å². The van der Waals surface area contributed by atoms with Crippen molar-refractivity contribution in [3.05, 3.63) is 29.3 Å². The van der Waals surface area contributed by atoms with Gasteiger partial charge in [-0.15, -0.1) is 0 Å². The number of benzene rings is 1. The molecule has 0 fully saturated rings. The summed E-state index contributed by atoms with van der Waals surface area (Å²) in [5, 5.41) is 0. The van der Waals surface area contributed by atoms with E-state index >= 15 is 0 Å². The summed E-state index contributed by atoms with van der Waals surface area (Å²) >= 11 is 0. The summed E-state index contributed by atoms with van der Waals surface area (Å²) in [5.74, 6) is 0. The summed E-state index contributed by atoms with van der Waals surface area (Å²) in [7, 11) is -2.18. The fourth-order valence-corrected chi connectivity index (χ4v) is 3.67. The van der Waals surface area contributed by atoms with Gasteiger partial charge in [0.25, 0.3) is 0 Å². The van der Waals surface area contributed by atoms with Crippen molar-refractivity contribution in [1.29, 1.82) is 0 Å². The summed E-state index contributed by atoms with van der Waals surface area (Å²) < 4.78 is 31.6. The summed E-state index contributed by atoms with van der Waals surface area (Å²) in [6.45, 7) is 4.49. The van der Waals surface area contributed by atoms with Gasteiger partial charge in [0.05, 0.1) is 12.0 Å². The molecule has 21 heavy (non-hydrogen) atoms. The Balaban J connectivity index is 2.29. The third kappa shape index (κ3) is 3.54. The van der Waals surface area contributed by atoms with E-state index in [9.17, 15) is 13.2 Å². The van der Waals surface area contributed by atoms with Crippen molar-refractivity contribution < 1.29 is 17.9 Å². The molecule has 0 atom stereocenters. The monoisotopic (exact) mass is 312 g/mol. The maximum atomic E-state index is 12.2. The molecule has 1 aliphatic heterocycles. The SMILES string of the molecule is COC(=O)N1CCc2ccc(S(=O)(=O)NC(C)C)cc2C1. The normalized spacial score (nSPS) is 15.0. The molecule has 0 saturated heterocycles. The average molecular weight is 312 g/mol. The smallest absolute Gasteiger partial charge is 0.409 e. The first-order valence-corrected chi connectivity index (χ1v) is 8.29. The van der Waals surface area contributed by atoms with Crippen molar-refractivity contribution in [2.75, 3.05) is 13.7 Å². The van der Waals surface area contributed by atoms with E-state index in [1.54, 1.807) is 30.9 Å². The Bertz CT molecular complexity index is 640. The second-order valence-electron chi connectivity index (χ2n) is 5.35. The quantitative estimate of drug-likeness (QED) is 0.917. The highest BCUT2D eigenvalue weighted by Crippen LogP contribution is 2.23. The van der Waals surface area contributed by atoms with Crippen molar-refractivity contribution in [2.45, 2.75) is 37.8 Å². The van der Waals surface area contributed by atoms with Crippen LogP contribution in [0.5, 0.6) is 0 Å². The molecule has 0 radical (unpaired) electrons. The molecule has 0 aliphatic carbocycles. The number of nitrogens with zero attached hydrogens (tertiary/aromatic N) is 1. The van der Waals surface area contributed by atoms with E-state index in [2.05, 4.69) is 4.72 Å². The number of rotatable bonds is 3. The lowest BCUT2D eigenvalue weighted by Gasteiger charge is -2.28. The maximum absolute atomic E-state index is 12.2. The van der Waals surface area contributed by atoms with Crippen molar-refractivity contribution in [2.24, 2.45) is 0 Å². The fourth-order valence-electron chi connectivity index (χ4n) is 2.36. The Hall–Kier alpha value is -1.60. The Kier molecular flexibility index (Phi) is 4.53. The van der Waals surface area contributed by atoms with Crippen LogP contribution in [0.15, 0.2) is 23.1 Å². The Morgan fingerprint density at radius 2 is 2.05 bits per heavy atom. The minimum absolute atomic E-state index is 0.169. The lowest BCUT2D eigenvalue weighted by atomic mass is 10.0. The predicted octanol–water partition coefficient (Wildman–Crippen LogP) is 1.50. The van der Waals surface area contributed by atoms with Gasteiger partial charge < -0.3 is 9.64 Å². The molecular weight excluding hydrogens is 292 g/mol. The van der Waals surface area contributed by atoms with Crippen LogP contribution in [-0.4, -0.2) is 39.1 Å². The minimum atomic E-state index is -3.52. The van der Waals surface area contributed by atoms with Crippen LogP contribution in [0.3, 0.4) is 0 Å². The molecule has 1 aliphatic rings. The van der Waals surface area contributed by atoms with E-state index in [1.807, 2.05) is 6.07 Å². The third-order valence-electron chi connectivity index (χ3n) is 3.32. The molecule has 1 heterocycles. The molecular formula is C14H20N2O4S. The number of carbonyl (C=O) groups excluding carboxylic acids is 1. The molecule has 6 nitrogen and oxygen atoms in total. The Labute approximate surface area is 125 Å². The number of hydrogen-bond acceptors (Lipinski definition) is 4. The number of amides is 1. The van der Waals surface area contributed by atoms with Gasteiger partial charge in [0.15, 0.2) is 0 Å². The molecule has 1 aromatic carbocycles. The van der Waals surface area contributed by atoms with Crippen LogP contribution >= 0.6 is 0 Å². The van der Waals surface area contributed by atoms with Crippen LogP contribution in [0.1, 0.15) is 25.0 Å². The summed E-state index contributed by atoms with van der Waals surface area (Å²) in [5.41, 5.74) is 1.91. The number of ether oxygens (including phenoxy) is 1. The van der Waals surface area contributed by atoms with Gasteiger partial charge in [-0.1, -0.05) is 6.07 Å². The first-order chi connectivity index (χ1) is 9.83. The van der Waals surface area contributed by atoms with Gasteiger partial charge in [-0.3, -0.25) is 0 Å². The zero-order valence-electron chi connectivity index (χ0n) is 12.4. The van der Waals surface area contributed by atoms with E-state index in [-0.39, 0.29) is 10.9 Å². The van der Waals surface area contributed by atoms with E-state index in [4.69, 9.17) is 4.74 Å². The molecule has 1 amide bonds. The molecule has 1 N–H and O–H groups in total. The van der Waals surface area contributed by atoms with Crippen molar-refractivity contribution >= 4 is 16.1 Å². The first-order valence-electron chi connectivity index (χ1n) is 6.80. The van der Waals surface area contributed by atoms with Crippen LogP contribution < -0.4 is 4.72 Å². The number of hydrogen-bond donors (Lipinski definition) is 1. The van der Waals surface area contributed by atoms with Crippen molar-refractivity contribution in [1.82, 2.24) is 9.62 Å². The van der Waals surface area contributed by atoms with Gasteiger partial charge in [-0.25, -0.2) is 17.9 Å². The molecule has 0 aromatic heterocycles. The molecule has 0 bridgehead atoms. The summed E-state index contributed by atoms with van der Waals surface area (Å²) in [6, 6.07) is 4.89. The lowest BCUT2D eigenvalue weighted by Crippen LogP contribution is -2.36. The predicted molar refractivity (Wildman–Crippen MR) is 78.4 cm³/mol. The number of nitrogens with one attached hydrogen (secondary N) is 1. The van der Waals surface area contributed by atoms with E-state index < -0.39 is 16.1 Å². The second kappa shape index (κ2) is 6.03. The highest BCUT2D eigenvalue weighted by atomic mass is 32.2. The van der Waals surface area contributed by atoms with Crippen LogP contribution in [0.25, 0.3) is 0 Å². The Morgan fingerprint density at radius 3 is 2.67 bits per heavy atom. The molecule has 0 saturated carbocycles. The number of carbonyl (C=O) groups is 1. The zero-order valence-corrected chi connectivity index (χ0v) is 13.2. The van der Waals surface area contributed by atoms with Crippen LogP contribution in [0, 0.1) is 0 Å². The molecule has 7 heteroatoms. The highest BCUT2D eigenvalue weighted by molar-refractivity contribution is 7.89. The minimum Gasteiger partial charge on any atom is -0.453 e. The molecule has 1 aromatic rings. The standard InChI is InChI=1S/C14H20N2O4S/c1-10(2)15-21(18,19)13-5-4-11-6-7-16(14(17)20-3)9-12(11)8-13/h4-5,8,10,15H,6-7,9H2,1-3H3. The van der Waals surface area contributed by atoms with E-state index in [0.29, 0.717) is 19.5 Å². The zero-order chi connectivity index (χ0) is 15.6. The average Bonchev–Trinajstić information content (AvgIpc) is 2.43. The van der Waals surface area contributed by atoms with Crippen LogP contribution in [-0.2, 0) is 27.7 Å². The topological polar surface area (TPSA) is 75.7 Å². The van der Waals surface area contributed by atoms with Gasteiger partial charge >= 0.3 is 6.09 Å². The Morgan fingerprint density at radius 1 is 1.33 bits per heavy atom. The van der Waals surface area contributed by atoms with Gasteiger partial charge in [0, 0.05) is 19.1 Å². The first kappa shape index (κ1) is 15.8. The van der Waals surface area contributed by atoms with E-state index in [0.717, 1.165) is 11.1 Å². The second-order valence-corrected chi connectivity index (χ2v) is 7.06. The largest absolute Gasteiger partial charge is 0.453 e. The molecule has 116 valence electrons. The highest BCUT2D eigenvalue weighted by Gasteiger charge is 2.23. The van der Waals surface area contributed by atoms with Gasteiger partial charge in [-0.2, -0.15) is 0 Å². The molecule has 0 unspecified atom stereocenters. The number of methoxy groups -OCH3 is 1. The lowest BCUT2D eigenvalue weighted by molar-refractivity contribution is 0.118. The van der Waals surface area contributed by atoms with Gasteiger partial charge in [-0.05, 0) is 43.5 Å². The number of sulfonamides is 1. The molecule has 2 rings (SSSR count). The van der Waals surface area contributed by atoms with E-state index in [1.165, 1.54) is 7.11 Å². The van der Waals surface area contributed by atoms with Crippen molar-refractivity contribution in [3.8, 4) is 0 Å². The molecule has 0 spiro atoms. The van der Waals surface area contributed by atoms with Crippen LogP contribution in [0.4, 0.5) is 4.79 Å². The fraction of sp³-hybridized carbons (Fsp3) is 0.500. The summed E-state index contributed by atoms with van der Waals surface area (Å²) in [6.07, 6.45) is 0.303. The number of fused-ring (bicyclic) bond motifs is 1.